The van der Waals surface area contributed by atoms with Crippen LogP contribution in [0.25, 0.3) is 0 Å². The van der Waals surface area contributed by atoms with Gasteiger partial charge in [0.25, 0.3) is 0 Å². The molecule has 0 bridgehead atoms. The summed E-state index contributed by atoms with van der Waals surface area (Å²) in [6.07, 6.45) is 2.35. The van der Waals surface area contributed by atoms with Crippen LogP contribution in [-0.2, 0) is 4.79 Å². The molecule has 23 heavy (non-hydrogen) atoms. The lowest BCUT2D eigenvalue weighted by Gasteiger charge is -2.13. The number of aryl methyl sites for hydroxylation is 1. The van der Waals surface area contributed by atoms with E-state index in [-0.39, 0.29) is 5.91 Å². The molecule has 1 aliphatic carbocycles. The van der Waals surface area contributed by atoms with Gasteiger partial charge in [-0.2, -0.15) is 0 Å². The molecule has 0 radical (unpaired) electrons. The Morgan fingerprint density at radius 1 is 1.30 bits per heavy atom. The largest absolute Gasteiger partial charge is 0.378 e. The van der Waals surface area contributed by atoms with Crippen molar-refractivity contribution in [2.24, 2.45) is 0 Å². The molecule has 1 aromatic carbocycles. The topological polar surface area (TPSA) is 63.1 Å². The summed E-state index contributed by atoms with van der Waals surface area (Å²) >= 11 is 1.44. The smallest absolute Gasteiger partial charge is 0.234 e. The van der Waals surface area contributed by atoms with Crippen LogP contribution >= 0.6 is 11.8 Å². The van der Waals surface area contributed by atoms with Gasteiger partial charge in [0, 0.05) is 31.5 Å². The third kappa shape index (κ3) is 3.85. The lowest BCUT2D eigenvalue weighted by Crippen LogP contribution is -2.15. The van der Waals surface area contributed by atoms with Crippen LogP contribution in [0.3, 0.4) is 0 Å². The maximum Gasteiger partial charge on any atom is 0.234 e. The minimum atomic E-state index is -0.0318. The SMILES string of the molecule is Cc1nnc(SCC(=O)Nc2ccc(N(C)C)cc2)n1C1CC1. The molecule has 0 saturated heterocycles. The number of carbonyl (C=O) groups is 1. The number of rotatable bonds is 6. The fourth-order valence-corrected chi connectivity index (χ4v) is 3.22. The first kappa shape index (κ1) is 15.9. The van der Waals surface area contributed by atoms with Gasteiger partial charge in [-0.05, 0) is 44.0 Å². The third-order valence-corrected chi connectivity index (χ3v) is 4.69. The van der Waals surface area contributed by atoms with Gasteiger partial charge >= 0.3 is 0 Å². The van der Waals surface area contributed by atoms with Crippen LogP contribution in [0.2, 0.25) is 0 Å². The van der Waals surface area contributed by atoms with Gasteiger partial charge in [0.15, 0.2) is 5.16 Å². The number of anilines is 2. The van der Waals surface area contributed by atoms with Crippen LogP contribution in [0.1, 0.15) is 24.7 Å². The number of benzene rings is 1. The van der Waals surface area contributed by atoms with Gasteiger partial charge in [-0.3, -0.25) is 4.79 Å². The van der Waals surface area contributed by atoms with Crippen molar-refractivity contribution < 1.29 is 4.79 Å². The van der Waals surface area contributed by atoms with Gasteiger partial charge in [-0.25, -0.2) is 0 Å². The zero-order valence-corrected chi connectivity index (χ0v) is 14.4. The highest BCUT2D eigenvalue weighted by Gasteiger charge is 2.28. The van der Waals surface area contributed by atoms with Crippen LogP contribution < -0.4 is 10.2 Å². The van der Waals surface area contributed by atoms with E-state index in [2.05, 4.69) is 20.1 Å². The molecule has 3 rings (SSSR count). The Kier molecular flexibility index (Phi) is 4.56. The van der Waals surface area contributed by atoms with Crippen molar-refractivity contribution in [2.75, 3.05) is 30.1 Å². The van der Waals surface area contributed by atoms with E-state index in [0.29, 0.717) is 11.8 Å². The van der Waals surface area contributed by atoms with Crippen LogP contribution in [0, 0.1) is 6.92 Å². The van der Waals surface area contributed by atoms with Crippen molar-refractivity contribution in [3.63, 3.8) is 0 Å². The summed E-state index contributed by atoms with van der Waals surface area (Å²) in [5.41, 5.74) is 1.91. The molecule has 6 nitrogen and oxygen atoms in total. The Bertz CT molecular complexity index is 691. The second-order valence-corrected chi connectivity index (χ2v) is 6.85. The van der Waals surface area contributed by atoms with E-state index >= 15 is 0 Å². The minimum absolute atomic E-state index is 0.0318. The molecular formula is C16H21N5OS. The summed E-state index contributed by atoms with van der Waals surface area (Å²) in [5.74, 6) is 1.23. The molecule has 0 atom stereocenters. The van der Waals surface area contributed by atoms with Crippen LogP contribution in [0.5, 0.6) is 0 Å². The Hall–Kier alpha value is -2.02. The number of hydrogen-bond acceptors (Lipinski definition) is 5. The average Bonchev–Trinajstić information content (AvgIpc) is 3.29. The van der Waals surface area contributed by atoms with E-state index in [4.69, 9.17) is 0 Å². The Balaban J connectivity index is 1.55. The van der Waals surface area contributed by atoms with Crippen molar-refractivity contribution in [2.45, 2.75) is 31.0 Å². The lowest BCUT2D eigenvalue weighted by molar-refractivity contribution is -0.113. The number of thioether (sulfide) groups is 1. The van der Waals surface area contributed by atoms with Crippen molar-refractivity contribution in [1.29, 1.82) is 0 Å². The first-order valence-electron chi connectivity index (χ1n) is 7.66. The average molecular weight is 331 g/mol. The molecule has 1 aromatic heterocycles. The van der Waals surface area contributed by atoms with Gasteiger partial charge in [0.2, 0.25) is 5.91 Å². The Morgan fingerprint density at radius 3 is 2.61 bits per heavy atom. The number of carbonyl (C=O) groups excluding carboxylic acids is 1. The normalized spacial score (nSPS) is 13.9. The predicted octanol–water partition coefficient (Wildman–Crippen LogP) is 2.72. The zero-order chi connectivity index (χ0) is 16.4. The molecule has 1 fully saturated rings. The second kappa shape index (κ2) is 6.62. The van der Waals surface area contributed by atoms with E-state index in [1.807, 2.05) is 50.2 Å². The van der Waals surface area contributed by atoms with Crippen molar-refractivity contribution in [3.05, 3.63) is 30.1 Å². The fourth-order valence-electron chi connectivity index (χ4n) is 2.37. The number of nitrogens with zero attached hydrogens (tertiary/aromatic N) is 4. The van der Waals surface area contributed by atoms with E-state index in [1.54, 1.807) is 0 Å². The van der Waals surface area contributed by atoms with Crippen LogP contribution in [-0.4, -0.2) is 40.5 Å². The fraction of sp³-hybridized carbons (Fsp3) is 0.438. The molecule has 122 valence electrons. The maximum absolute atomic E-state index is 12.1. The first-order chi connectivity index (χ1) is 11.0. The van der Waals surface area contributed by atoms with Crippen molar-refractivity contribution >= 4 is 29.0 Å². The molecule has 1 N–H and O–H groups in total. The third-order valence-electron chi connectivity index (χ3n) is 3.75. The highest BCUT2D eigenvalue weighted by Crippen LogP contribution is 2.38. The van der Waals surface area contributed by atoms with E-state index in [1.165, 1.54) is 24.6 Å². The molecule has 1 heterocycles. The van der Waals surface area contributed by atoms with Gasteiger partial charge in [-0.15, -0.1) is 10.2 Å². The number of hydrogen-bond donors (Lipinski definition) is 1. The van der Waals surface area contributed by atoms with Gasteiger partial charge in [0.1, 0.15) is 5.82 Å². The van der Waals surface area contributed by atoms with E-state index in [0.717, 1.165) is 22.4 Å². The van der Waals surface area contributed by atoms with Gasteiger partial charge in [0.05, 0.1) is 5.75 Å². The van der Waals surface area contributed by atoms with E-state index in [9.17, 15) is 4.79 Å². The quantitative estimate of drug-likeness (QED) is 0.825. The zero-order valence-electron chi connectivity index (χ0n) is 13.6. The summed E-state index contributed by atoms with van der Waals surface area (Å²) < 4.78 is 2.14. The van der Waals surface area contributed by atoms with Crippen LogP contribution in [0.15, 0.2) is 29.4 Å². The molecule has 0 spiro atoms. The highest BCUT2D eigenvalue weighted by atomic mass is 32.2. The number of aromatic nitrogens is 3. The lowest BCUT2D eigenvalue weighted by atomic mass is 10.2. The molecule has 7 heteroatoms. The van der Waals surface area contributed by atoms with Gasteiger partial charge in [-0.1, -0.05) is 11.8 Å². The Labute approximate surface area is 140 Å². The molecule has 2 aromatic rings. The molecule has 0 aliphatic heterocycles. The summed E-state index contributed by atoms with van der Waals surface area (Å²) in [4.78, 5) is 14.1. The van der Waals surface area contributed by atoms with E-state index < -0.39 is 0 Å². The molecular weight excluding hydrogens is 310 g/mol. The second-order valence-electron chi connectivity index (χ2n) is 5.91. The summed E-state index contributed by atoms with van der Waals surface area (Å²) in [6, 6.07) is 8.31. The summed E-state index contributed by atoms with van der Waals surface area (Å²) in [7, 11) is 3.98. The van der Waals surface area contributed by atoms with Crippen LogP contribution in [0.4, 0.5) is 11.4 Å². The van der Waals surface area contributed by atoms with Gasteiger partial charge < -0.3 is 14.8 Å². The predicted molar refractivity (Wildman–Crippen MR) is 93.2 cm³/mol. The van der Waals surface area contributed by atoms with Crippen molar-refractivity contribution in [1.82, 2.24) is 14.8 Å². The summed E-state index contributed by atoms with van der Waals surface area (Å²) in [5, 5.41) is 12.0. The molecule has 1 saturated carbocycles. The number of amides is 1. The monoisotopic (exact) mass is 331 g/mol. The first-order valence-corrected chi connectivity index (χ1v) is 8.64. The molecule has 1 amide bonds. The highest BCUT2D eigenvalue weighted by molar-refractivity contribution is 7.99. The molecule has 0 unspecified atom stereocenters. The molecule has 1 aliphatic rings. The standard InChI is InChI=1S/C16H21N5OS/c1-11-18-19-16(21(11)14-8-9-14)23-10-15(22)17-12-4-6-13(7-5-12)20(2)3/h4-7,14H,8-10H2,1-3H3,(H,17,22). The minimum Gasteiger partial charge on any atom is -0.378 e. The Morgan fingerprint density at radius 2 is 2.00 bits per heavy atom. The van der Waals surface area contributed by atoms with Crippen molar-refractivity contribution in [3.8, 4) is 0 Å². The maximum atomic E-state index is 12.1. The summed E-state index contributed by atoms with van der Waals surface area (Å²) in [6.45, 7) is 1.96. The number of nitrogens with one attached hydrogen (secondary N) is 1.